The molecule has 3 saturated carbocycles. The molecule has 6 aliphatic heterocycles. The SMILES string of the molecule is CC1(C)CCC(c2ccc(Nc3cc(CC(=O)C4CC4)nc4c3N=C(C(F)F)C4)c(S(C)(=O)=O)c2)O1.CC1(C)CC[C@@H](c2ccc(Nc3cc(CC(=O)C4CC4)nc4c3N=C(C(F)F)C4)c(S(C)(=O)=O)c2)O1.CC1(C)CC[C@H](c2ccc(Nc3cc(CC(=O)C4CC4)nc4c3N=C(C(F)F)C4)c(S(C)(=O)=O)c2)O1. The molecule has 21 nitrogen and oxygen atoms in total. The summed E-state index contributed by atoms with van der Waals surface area (Å²) < 4.78 is 175. The number of ketones is 3. The first-order chi connectivity index (χ1) is 50.7. The quantitative estimate of drug-likeness (QED) is 0.0474. The van der Waals surface area contributed by atoms with Crippen molar-refractivity contribution in [3.8, 4) is 0 Å². The van der Waals surface area contributed by atoms with Gasteiger partial charge in [-0.15, -0.1) is 0 Å². The summed E-state index contributed by atoms with van der Waals surface area (Å²) in [5.74, 6) is 0.329. The number of pyridine rings is 3. The summed E-state index contributed by atoms with van der Waals surface area (Å²) in [6, 6.07) is 20.1. The van der Waals surface area contributed by atoms with Crippen molar-refractivity contribution in [1.29, 1.82) is 0 Å². The number of anilines is 6. The maximum atomic E-state index is 13.4. The van der Waals surface area contributed by atoms with Crippen molar-refractivity contribution in [2.75, 3.05) is 34.7 Å². The monoisotopic (exact) mass is 1550 g/mol. The number of Topliss-reactive ketones (excluding diaryl/α,β-unsaturated/α-hetero) is 3. The molecule has 0 spiro atoms. The summed E-state index contributed by atoms with van der Waals surface area (Å²) in [7, 11) is -10.9. The second-order valence-corrected chi connectivity index (χ2v) is 37.5. The van der Waals surface area contributed by atoms with E-state index in [1.807, 2.05) is 59.7 Å². The van der Waals surface area contributed by atoms with E-state index in [0.29, 0.717) is 68.3 Å². The highest BCUT2D eigenvalue weighted by molar-refractivity contribution is 7.91. The third-order valence-electron chi connectivity index (χ3n) is 20.6. The standard InChI is InChI=1S/3C26H29F2N3O4S/c3*1-26(2)9-8-22(35-26)15-6-7-17(23(10-15)36(3,33)34)30-18-11-16(12-21(32)14-4-5-14)29-19-13-20(25(27)28)31-24(18)19/h3*6-7,10-11,14,22,25H,4-5,8-9,12-13H2,1-3H3,(H,29,30)/t2*22-;/m10./s1. The van der Waals surface area contributed by atoms with E-state index in [-0.39, 0.29) is 158 Å². The largest absolute Gasteiger partial charge is 0.368 e. The number of hydrogen-bond donors (Lipinski definition) is 3. The van der Waals surface area contributed by atoms with Gasteiger partial charge in [0, 0.05) is 75.0 Å². The second kappa shape index (κ2) is 29.9. The van der Waals surface area contributed by atoms with Crippen LogP contribution in [-0.4, -0.2) is 130 Å². The summed E-state index contributed by atoms with van der Waals surface area (Å²) in [4.78, 5) is 63.1. The Balaban J connectivity index is 0.000000143. The van der Waals surface area contributed by atoms with Crippen LogP contribution in [0, 0.1) is 17.8 Å². The molecule has 6 aromatic rings. The number of carbonyl (C=O) groups excluding carboxylic acids is 3. The number of sulfone groups is 3. The predicted octanol–water partition coefficient (Wildman–Crippen LogP) is 15.8. The third-order valence-corrected chi connectivity index (χ3v) is 24.0. The zero-order valence-corrected chi connectivity index (χ0v) is 63.9. The molecule has 15 rings (SSSR count). The highest BCUT2D eigenvalue weighted by Crippen LogP contribution is 2.48. The number of nitrogens with zero attached hydrogens (tertiary/aromatic N) is 6. The lowest BCUT2D eigenvalue weighted by Gasteiger charge is -2.21. The number of halogens is 6. The van der Waals surface area contributed by atoms with E-state index in [1.54, 1.807) is 54.6 Å². The lowest BCUT2D eigenvalue weighted by atomic mass is 10.0. The van der Waals surface area contributed by atoms with Gasteiger partial charge < -0.3 is 30.2 Å². The molecule has 9 aliphatic rings. The fourth-order valence-corrected chi connectivity index (χ4v) is 17.0. The van der Waals surface area contributed by atoms with E-state index in [2.05, 4.69) is 45.9 Å². The Kier molecular flexibility index (Phi) is 21.6. The predicted molar refractivity (Wildman–Crippen MR) is 397 cm³/mol. The third kappa shape index (κ3) is 18.5. The van der Waals surface area contributed by atoms with Gasteiger partial charge in [0.15, 0.2) is 29.5 Å². The maximum Gasteiger partial charge on any atom is 0.277 e. The Bertz CT molecular complexity index is 4600. The zero-order chi connectivity index (χ0) is 77.5. The van der Waals surface area contributed by atoms with Gasteiger partial charge in [0.2, 0.25) is 0 Å². The van der Waals surface area contributed by atoms with Gasteiger partial charge in [-0.05, 0) is 190 Å². The summed E-state index contributed by atoms with van der Waals surface area (Å²) in [6.07, 6.45) is 4.62. The lowest BCUT2D eigenvalue weighted by Crippen LogP contribution is -2.17. The molecule has 108 heavy (non-hydrogen) atoms. The Morgan fingerprint density at radius 2 is 0.648 bits per heavy atom. The van der Waals surface area contributed by atoms with Gasteiger partial charge in [-0.3, -0.25) is 29.3 Å². The Hall–Kier alpha value is -8.16. The highest BCUT2D eigenvalue weighted by atomic mass is 32.2. The van der Waals surface area contributed by atoms with Crippen molar-refractivity contribution >= 4 is 115 Å². The van der Waals surface area contributed by atoms with Gasteiger partial charge in [-0.25, -0.2) is 66.6 Å². The molecule has 3 N–H and O–H groups in total. The topological polar surface area (TPSA) is 293 Å². The van der Waals surface area contributed by atoms with Gasteiger partial charge in [-0.2, -0.15) is 0 Å². The van der Waals surface area contributed by atoms with Crippen LogP contribution in [0.25, 0.3) is 0 Å². The van der Waals surface area contributed by atoms with E-state index in [0.717, 1.165) is 113 Å². The van der Waals surface area contributed by atoms with Crippen molar-refractivity contribution in [3.63, 3.8) is 0 Å². The van der Waals surface area contributed by atoms with Gasteiger partial charge >= 0.3 is 0 Å². The molecule has 0 bridgehead atoms. The van der Waals surface area contributed by atoms with Crippen molar-refractivity contribution in [3.05, 3.63) is 124 Å². The van der Waals surface area contributed by atoms with Crippen molar-refractivity contribution in [1.82, 2.24) is 15.0 Å². The molecular formula is C78H87F6N9O12S3. The number of aliphatic imine (C=N–C) groups is 3. The van der Waals surface area contributed by atoms with Gasteiger partial charge in [-0.1, -0.05) is 18.2 Å². The van der Waals surface area contributed by atoms with Gasteiger partial charge in [0.1, 0.15) is 34.4 Å². The number of nitrogens with one attached hydrogen (secondary N) is 3. The van der Waals surface area contributed by atoms with Crippen molar-refractivity contribution in [2.45, 2.75) is 226 Å². The van der Waals surface area contributed by atoms with E-state index >= 15 is 0 Å². The first kappa shape index (κ1) is 78.0. The fraction of sp³-hybridized carbons (Fsp3) is 0.500. The normalized spacial score (nSPS) is 20.9. The highest BCUT2D eigenvalue weighted by Gasteiger charge is 2.40. The Morgan fingerprint density at radius 1 is 0.398 bits per heavy atom. The molecule has 6 fully saturated rings. The number of carbonyl (C=O) groups is 3. The van der Waals surface area contributed by atoms with E-state index < -0.39 is 48.8 Å². The van der Waals surface area contributed by atoms with Crippen LogP contribution in [0.3, 0.4) is 0 Å². The van der Waals surface area contributed by atoms with E-state index in [9.17, 15) is 66.0 Å². The summed E-state index contributed by atoms with van der Waals surface area (Å²) in [5.41, 5.74) is 5.68. The molecule has 30 heteroatoms. The molecule has 3 saturated heterocycles. The average Bonchev–Trinajstić information content (AvgIpc) is 1.43. The smallest absolute Gasteiger partial charge is 0.277 e. The molecule has 3 aromatic carbocycles. The molecular weight excluding hydrogens is 1470 g/mol. The van der Waals surface area contributed by atoms with Crippen LogP contribution < -0.4 is 16.0 Å². The minimum atomic E-state index is -3.65. The van der Waals surface area contributed by atoms with Crippen LogP contribution in [0.5, 0.6) is 0 Å². The molecule has 0 radical (unpaired) electrons. The minimum Gasteiger partial charge on any atom is -0.368 e. The van der Waals surface area contributed by atoms with Gasteiger partial charge in [0.25, 0.3) is 19.3 Å². The van der Waals surface area contributed by atoms with Crippen LogP contribution in [0.15, 0.2) is 102 Å². The van der Waals surface area contributed by atoms with Crippen LogP contribution in [0.1, 0.15) is 188 Å². The first-order valence-electron chi connectivity index (χ1n) is 36.3. The van der Waals surface area contributed by atoms with Crippen molar-refractivity contribution in [2.24, 2.45) is 32.7 Å². The van der Waals surface area contributed by atoms with Crippen LogP contribution in [0.2, 0.25) is 0 Å². The number of alkyl halides is 6. The number of fused-ring (bicyclic) bond motifs is 3. The lowest BCUT2D eigenvalue weighted by molar-refractivity contribution is -0.120. The Labute approximate surface area is 624 Å². The average molecular weight is 1550 g/mol. The number of ether oxygens (including phenoxy) is 3. The van der Waals surface area contributed by atoms with Gasteiger partial charge in [0.05, 0.1) is 135 Å². The summed E-state index contributed by atoms with van der Waals surface area (Å²) >= 11 is 0. The Morgan fingerprint density at radius 3 is 0.852 bits per heavy atom. The molecule has 3 aromatic heterocycles. The van der Waals surface area contributed by atoms with E-state index in [1.165, 1.54) is 0 Å². The molecule has 3 atom stereocenters. The van der Waals surface area contributed by atoms with Crippen molar-refractivity contribution < 1.29 is 80.2 Å². The van der Waals surface area contributed by atoms with Crippen LogP contribution in [0.4, 0.5) is 77.5 Å². The number of hydrogen-bond acceptors (Lipinski definition) is 21. The molecule has 576 valence electrons. The summed E-state index contributed by atoms with van der Waals surface area (Å²) in [5, 5.41) is 9.32. The molecule has 3 aliphatic carbocycles. The number of benzene rings is 3. The minimum absolute atomic E-state index is 0.0384. The summed E-state index contributed by atoms with van der Waals surface area (Å²) in [6.45, 7) is 12.0. The van der Waals surface area contributed by atoms with E-state index in [4.69, 9.17) is 14.2 Å². The zero-order valence-electron chi connectivity index (χ0n) is 61.4. The fourth-order valence-electron chi connectivity index (χ4n) is 14.4. The van der Waals surface area contributed by atoms with Crippen LogP contribution >= 0.6 is 0 Å². The second-order valence-electron chi connectivity index (χ2n) is 31.5. The molecule has 9 heterocycles. The number of rotatable bonds is 24. The molecule has 0 amide bonds. The number of aromatic nitrogens is 3. The first-order valence-corrected chi connectivity index (χ1v) is 42.0. The van der Waals surface area contributed by atoms with Crippen LogP contribution in [-0.2, 0) is 96.6 Å². The maximum absolute atomic E-state index is 13.4. The molecule has 1 unspecified atom stereocenters.